The summed E-state index contributed by atoms with van der Waals surface area (Å²) < 4.78 is 2.36. The maximum absolute atomic E-state index is 11.7. The van der Waals surface area contributed by atoms with Gasteiger partial charge in [-0.25, -0.2) is 4.98 Å². The third-order valence-corrected chi connectivity index (χ3v) is 2.55. The number of rotatable bonds is 2. The predicted molar refractivity (Wildman–Crippen MR) is 61.9 cm³/mol. The third-order valence-electron chi connectivity index (χ3n) is 2.08. The zero-order valence-electron chi connectivity index (χ0n) is 7.98. The van der Waals surface area contributed by atoms with E-state index in [2.05, 4.69) is 20.9 Å². The lowest BCUT2D eigenvalue weighted by molar-refractivity contribution is 0.900. The van der Waals surface area contributed by atoms with E-state index in [0.29, 0.717) is 18.6 Å². The second-order valence-corrected chi connectivity index (χ2v) is 4.12. The van der Waals surface area contributed by atoms with E-state index in [-0.39, 0.29) is 5.56 Å². The third kappa shape index (κ3) is 2.08. The van der Waals surface area contributed by atoms with Crippen molar-refractivity contribution >= 4 is 21.6 Å². The fourth-order valence-electron chi connectivity index (χ4n) is 1.40. The van der Waals surface area contributed by atoms with Crippen LogP contribution in [0, 0.1) is 0 Å². The summed E-state index contributed by atoms with van der Waals surface area (Å²) in [6, 6.07) is 5.17. The van der Waals surface area contributed by atoms with E-state index in [4.69, 9.17) is 5.73 Å². The standard InChI is InChI=1S/C10H10BrN3O/c11-7-1-2-9-13-8(3-4-12)5-10(15)14(9)6-7/h1-2,5-6H,3-4,12H2. The van der Waals surface area contributed by atoms with Crippen LogP contribution in [-0.4, -0.2) is 15.9 Å². The Hall–Kier alpha value is -1.20. The molecule has 0 radical (unpaired) electrons. The smallest absolute Gasteiger partial charge is 0.258 e. The molecule has 0 amide bonds. The Balaban J connectivity index is 2.67. The fraction of sp³-hybridized carbons (Fsp3) is 0.200. The summed E-state index contributed by atoms with van der Waals surface area (Å²) in [7, 11) is 0. The molecule has 0 atom stereocenters. The zero-order chi connectivity index (χ0) is 10.8. The molecule has 0 saturated carbocycles. The number of hydrogen-bond acceptors (Lipinski definition) is 3. The van der Waals surface area contributed by atoms with Gasteiger partial charge in [-0.2, -0.15) is 0 Å². The van der Waals surface area contributed by atoms with Crippen LogP contribution in [0.5, 0.6) is 0 Å². The molecule has 2 aromatic heterocycles. The van der Waals surface area contributed by atoms with Crippen LogP contribution >= 0.6 is 15.9 Å². The van der Waals surface area contributed by atoms with Crippen LogP contribution in [0.25, 0.3) is 5.65 Å². The Labute approximate surface area is 94.9 Å². The van der Waals surface area contributed by atoms with Crippen LogP contribution in [0.4, 0.5) is 0 Å². The van der Waals surface area contributed by atoms with Gasteiger partial charge in [-0.3, -0.25) is 9.20 Å². The largest absolute Gasteiger partial charge is 0.330 e. The summed E-state index contributed by atoms with van der Waals surface area (Å²) >= 11 is 3.31. The molecular formula is C10H10BrN3O. The Morgan fingerprint density at radius 2 is 2.27 bits per heavy atom. The molecule has 0 aliphatic carbocycles. The van der Waals surface area contributed by atoms with Crippen molar-refractivity contribution in [3.63, 3.8) is 0 Å². The maximum Gasteiger partial charge on any atom is 0.258 e. The molecule has 2 aromatic rings. The number of nitrogens with zero attached hydrogens (tertiary/aromatic N) is 2. The van der Waals surface area contributed by atoms with Gasteiger partial charge in [0.15, 0.2) is 0 Å². The van der Waals surface area contributed by atoms with Crippen molar-refractivity contribution in [1.29, 1.82) is 0 Å². The van der Waals surface area contributed by atoms with Gasteiger partial charge in [0.25, 0.3) is 5.56 Å². The minimum absolute atomic E-state index is 0.0789. The Morgan fingerprint density at radius 3 is 3.00 bits per heavy atom. The summed E-state index contributed by atoms with van der Waals surface area (Å²) in [6.07, 6.45) is 2.33. The Kier molecular flexibility index (Phi) is 2.83. The van der Waals surface area contributed by atoms with Crippen molar-refractivity contribution in [2.75, 3.05) is 6.54 Å². The van der Waals surface area contributed by atoms with Crippen LogP contribution in [-0.2, 0) is 6.42 Å². The van der Waals surface area contributed by atoms with Crippen molar-refractivity contribution in [3.05, 3.63) is 44.9 Å². The first-order chi connectivity index (χ1) is 7.20. The minimum Gasteiger partial charge on any atom is -0.330 e. The van der Waals surface area contributed by atoms with Gasteiger partial charge in [-0.1, -0.05) is 0 Å². The second-order valence-electron chi connectivity index (χ2n) is 3.20. The van der Waals surface area contributed by atoms with Crippen molar-refractivity contribution in [2.24, 2.45) is 5.73 Å². The molecule has 0 spiro atoms. The average Bonchev–Trinajstić information content (AvgIpc) is 2.20. The molecule has 15 heavy (non-hydrogen) atoms. The summed E-state index contributed by atoms with van der Waals surface area (Å²) in [6.45, 7) is 0.499. The molecule has 0 unspecified atom stereocenters. The molecule has 78 valence electrons. The lowest BCUT2D eigenvalue weighted by Crippen LogP contribution is -2.16. The van der Waals surface area contributed by atoms with Crippen LogP contribution in [0.2, 0.25) is 0 Å². The summed E-state index contributed by atoms with van der Waals surface area (Å²) in [5, 5.41) is 0. The van der Waals surface area contributed by atoms with Gasteiger partial charge in [-0.15, -0.1) is 0 Å². The van der Waals surface area contributed by atoms with Gasteiger partial charge in [0.05, 0.1) is 0 Å². The fourth-order valence-corrected chi connectivity index (χ4v) is 1.74. The highest BCUT2D eigenvalue weighted by molar-refractivity contribution is 9.10. The van der Waals surface area contributed by atoms with E-state index in [1.807, 2.05) is 6.07 Å². The molecule has 0 aromatic carbocycles. The molecule has 2 rings (SSSR count). The molecule has 0 aliphatic heterocycles. The molecule has 0 aliphatic rings. The lowest BCUT2D eigenvalue weighted by atomic mass is 10.3. The second kappa shape index (κ2) is 4.12. The number of aromatic nitrogens is 2. The quantitative estimate of drug-likeness (QED) is 0.882. The van der Waals surface area contributed by atoms with Crippen molar-refractivity contribution in [1.82, 2.24) is 9.38 Å². The monoisotopic (exact) mass is 267 g/mol. The molecule has 0 fully saturated rings. The Morgan fingerprint density at radius 1 is 1.47 bits per heavy atom. The van der Waals surface area contributed by atoms with E-state index >= 15 is 0 Å². The molecule has 0 bridgehead atoms. The van der Waals surface area contributed by atoms with Crippen molar-refractivity contribution in [3.8, 4) is 0 Å². The van der Waals surface area contributed by atoms with Gasteiger partial charge in [0.2, 0.25) is 0 Å². The first kappa shape index (κ1) is 10.3. The number of halogens is 1. The number of pyridine rings is 1. The summed E-state index contributed by atoms with van der Waals surface area (Å²) in [4.78, 5) is 16.0. The highest BCUT2D eigenvalue weighted by Gasteiger charge is 2.01. The van der Waals surface area contributed by atoms with Crippen LogP contribution in [0.1, 0.15) is 5.69 Å². The summed E-state index contributed by atoms with van der Waals surface area (Å²) in [5.41, 5.74) is 6.73. The van der Waals surface area contributed by atoms with Crippen molar-refractivity contribution in [2.45, 2.75) is 6.42 Å². The topological polar surface area (TPSA) is 60.4 Å². The van der Waals surface area contributed by atoms with Crippen LogP contribution < -0.4 is 11.3 Å². The highest BCUT2D eigenvalue weighted by atomic mass is 79.9. The molecule has 5 heteroatoms. The van der Waals surface area contributed by atoms with Gasteiger partial charge < -0.3 is 5.73 Å². The van der Waals surface area contributed by atoms with Crippen LogP contribution in [0.15, 0.2) is 33.7 Å². The maximum atomic E-state index is 11.7. The molecule has 4 nitrogen and oxygen atoms in total. The van der Waals surface area contributed by atoms with Gasteiger partial charge >= 0.3 is 0 Å². The average molecular weight is 268 g/mol. The molecule has 2 N–H and O–H groups in total. The van der Waals surface area contributed by atoms with E-state index in [9.17, 15) is 4.79 Å². The number of fused-ring (bicyclic) bond motifs is 1. The first-order valence-corrected chi connectivity index (χ1v) is 5.38. The molecule has 0 saturated heterocycles. The van der Waals surface area contributed by atoms with E-state index < -0.39 is 0 Å². The van der Waals surface area contributed by atoms with Crippen LogP contribution in [0.3, 0.4) is 0 Å². The minimum atomic E-state index is -0.0789. The first-order valence-electron chi connectivity index (χ1n) is 4.58. The van der Waals surface area contributed by atoms with Gasteiger partial charge in [0.1, 0.15) is 5.65 Å². The van der Waals surface area contributed by atoms with Crippen molar-refractivity contribution < 1.29 is 0 Å². The Bertz CT molecular complexity index is 550. The summed E-state index contributed by atoms with van der Waals surface area (Å²) in [5.74, 6) is 0. The highest BCUT2D eigenvalue weighted by Crippen LogP contribution is 2.09. The normalized spacial score (nSPS) is 10.8. The zero-order valence-corrected chi connectivity index (χ0v) is 9.57. The van der Waals surface area contributed by atoms with Gasteiger partial charge in [0, 0.05) is 28.9 Å². The van der Waals surface area contributed by atoms with Gasteiger partial charge in [-0.05, 0) is 34.6 Å². The van der Waals surface area contributed by atoms with E-state index in [1.54, 1.807) is 12.3 Å². The number of hydrogen-bond donors (Lipinski definition) is 1. The number of nitrogens with two attached hydrogens (primary N) is 1. The molecule has 2 heterocycles. The lowest BCUT2D eigenvalue weighted by Gasteiger charge is -2.03. The molecular weight excluding hydrogens is 258 g/mol. The van der Waals surface area contributed by atoms with E-state index in [1.165, 1.54) is 10.5 Å². The van der Waals surface area contributed by atoms with E-state index in [0.717, 1.165) is 10.2 Å². The predicted octanol–water partition coefficient (Wildman–Crippen LogP) is 0.958. The SMILES string of the molecule is NCCc1cc(=O)n2cc(Br)ccc2n1.